The van der Waals surface area contributed by atoms with Crippen molar-refractivity contribution in [2.75, 3.05) is 5.32 Å². The summed E-state index contributed by atoms with van der Waals surface area (Å²) in [6.45, 7) is 1.95. The number of nitrogens with zero attached hydrogens (tertiary/aromatic N) is 1. The van der Waals surface area contributed by atoms with E-state index in [2.05, 4.69) is 34.5 Å². The number of benzene rings is 3. The second-order valence-electron chi connectivity index (χ2n) is 8.55. The van der Waals surface area contributed by atoms with Crippen LogP contribution in [0.1, 0.15) is 62.7 Å². The maximum absolute atomic E-state index is 13.7. The van der Waals surface area contributed by atoms with E-state index in [-0.39, 0.29) is 17.9 Å². The number of hydrogen-bond donors (Lipinski definition) is 1. The lowest BCUT2D eigenvalue weighted by atomic mass is 10.0. The Morgan fingerprint density at radius 2 is 1.61 bits per heavy atom. The lowest BCUT2D eigenvalue weighted by molar-refractivity contribution is 0.0658. The molecule has 0 spiro atoms. The molecule has 1 atom stereocenters. The average Bonchev–Trinajstić information content (AvgIpc) is 3.55. The number of fused-ring (bicyclic) bond motifs is 1. The van der Waals surface area contributed by atoms with Crippen molar-refractivity contribution in [2.24, 2.45) is 0 Å². The van der Waals surface area contributed by atoms with E-state index in [4.69, 9.17) is 0 Å². The Balaban J connectivity index is 1.42. The summed E-state index contributed by atoms with van der Waals surface area (Å²) < 4.78 is 0. The van der Waals surface area contributed by atoms with Gasteiger partial charge in [0.15, 0.2) is 0 Å². The highest BCUT2D eigenvalue weighted by atomic mass is 16.2. The molecule has 0 radical (unpaired) electrons. The van der Waals surface area contributed by atoms with Crippen molar-refractivity contribution in [2.45, 2.75) is 44.7 Å². The van der Waals surface area contributed by atoms with Crippen LogP contribution in [0.25, 0.3) is 0 Å². The molecule has 31 heavy (non-hydrogen) atoms. The van der Waals surface area contributed by atoms with Gasteiger partial charge in [-0.2, -0.15) is 0 Å². The van der Waals surface area contributed by atoms with E-state index < -0.39 is 0 Å². The van der Waals surface area contributed by atoms with E-state index in [1.54, 1.807) is 12.1 Å². The van der Waals surface area contributed by atoms with E-state index in [1.807, 2.05) is 43.3 Å². The lowest BCUT2D eigenvalue weighted by Crippen LogP contribution is -2.36. The van der Waals surface area contributed by atoms with E-state index in [0.717, 1.165) is 31.2 Å². The Bertz CT molecular complexity index is 1130. The second-order valence-corrected chi connectivity index (χ2v) is 8.55. The first-order valence-corrected chi connectivity index (χ1v) is 11.0. The lowest BCUT2D eigenvalue weighted by Gasteiger charge is -2.30. The maximum atomic E-state index is 13.7. The van der Waals surface area contributed by atoms with Gasteiger partial charge in [0, 0.05) is 22.9 Å². The van der Waals surface area contributed by atoms with Crippen molar-refractivity contribution in [3.8, 4) is 0 Å². The van der Waals surface area contributed by atoms with Crippen LogP contribution >= 0.6 is 0 Å². The summed E-state index contributed by atoms with van der Waals surface area (Å²) in [5, 5.41) is 2.98. The number of rotatable bonds is 5. The van der Waals surface area contributed by atoms with Crippen LogP contribution in [0.4, 0.5) is 5.69 Å². The average molecular weight is 411 g/mol. The molecule has 2 aliphatic rings. The Kier molecular flexibility index (Phi) is 5.06. The molecule has 4 nitrogen and oxygen atoms in total. The van der Waals surface area contributed by atoms with Crippen LogP contribution in [0.15, 0.2) is 72.8 Å². The van der Waals surface area contributed by atoms with Crippen molar-refractivity contribution in [3.05, 3.63) is 101 Å². The molecule has 3 aromatic carbocycles. The smallest absolute Gasteiger partial charge is 0.255 e. The third kappa shape index (κ3) is 3.86. The van der Waals surface area contributed by atoms with Crippen LogP contribution in [0.2, 0.25) is 0 Å². The van der Waals surface area contributed by atoms with Crippen molar-refractivity contribution in [1.29, 1.82) is 0 Å². The Hall–Kier alpha value is -3.40. The molecule has 5 rings (SSSR count). The molecule has 0 aromatic heterocycles. The molecule has 3 aromatic rings. The first-order valence-electron chi connectivity index (χ1n) is 11.0. The fourth-order valence-corrected chi connectivity index (χ4v) is 4.56. The largest absolute Gasteiger partial charge is 0.329 e. The molecule has 156 valence electrons. The highest BCUT2D eigenvalue weighted by Gasteiger charge is 2.40. The van der Waals surface area contributed by atoms with Crippen LogP contribution in [0.5, 0.6) is 0 Å². The van der Waals surface area contributed by atoms with Gasteiger partial charge < -0.3 is 10.2 Å². The summed E-state index contributed by atoms with van der Waals surface area (Å²) in [5.41, 5.74) is 5.48. The summed E-state index contributed by atoms with van der Waals surface area (Å²) >= 11 is 0. The van der Waals surface area contributed by atoms with Crippen molar-refractivity contribution in [1.82, 2.24) is 4.90 Å². The summed E-state index contributed by atoms with van der Waals surface area (Å²) in [4.78, 5) is 28.4. The minimum atomic E-state index is -0.169. The van der Waals surface area contributed by atoms with Crippen molar-refractivity contribution in [3.63, 3.8) is 0 Å². The van der Waals surface area contributed by atoms with Gasteiger partial charge in [-0.25, -0.2) is 0 Å². The fraction of sp³-hybridized carbons (Fsp3) is 0.259. The molecule has 0 bridgehead atoms. The minimum absolute atomic E-state index is 0.0550. The number of aryl methyl sites for hydroxylation is 2. The van der Waals surface area contributed by atoms with Gasteiger partial charge >= 0.3 is 0 Å². The number of carbonyl (C=O) groups is 2. The van der Waals surface area contributed by atoms with Crippen LogP contribution in [0.3, 0.4) is 0 Å². The zero-order valence-corrected chi connectivity index (χ0v) is 17.7. The van der Waals surface area contributed by atoms with Crippen LogP contribution in [-0.2, 0) is 6.42 Å². The van der Waals surface area contributed by atoms with Gasteiger partial charge in [-0.3, -0.25) is 9.59 Å². The van der Waals surface area contributed by atoms with Crippen LogP contribution in [0, 0.1) is 6.92 Å². The van der Waals surface area contributed by atoms with Gasteiger partial charge in [0.2, 0.25) is 0 Å². The molecule has 1 fully saturated rings. The standard InChI is InChI=1S/C27H26N2O2/c1-18-11-12-21(17-24(18)28-26(30)20-8-3-2-4-9-20)27(31)29(22-14-15-22)25-16-13-19-7-5-6-10-23(19)25/h2-12,17,22,25H,13-16H2,1H3,(H,28,30). The van der Waals surface area contributed by atoms with Gasteiger partial charge in [-0.05, 0) is 73.6 Å². The third-order valence-electron chi connectivity index (χ3n) is 6.38. The van der Waals surface area contributed by atoms with E-state index >= 15 is 0 Å². The van der Waals surface area contributed by atoms with Gasteiger partial charge in [0.05, 0.1) is 6.04 Å². The normalized spacial score (nSPS) is 17.1. The van der Waals surface area contributed by atoms with E-state index in [0.29, 0.717) is 22.9 Å². The number of anilines is 1. The third-order valence-corrected chi connectivity index (χ3v) is 6.38. The van der Waals surface area contributed by atoms with Gasteiger partial charge in [-0.15, -0.1) is 0 Å². The molecule has 0 heterocycles. The molecular formula is C27H26N2O2. The summed E-state index contributed by atoms with van der Waals surface area (Å²) in [6, 6.07) is 23.7. The van der Waals surface area contributed by atoms with Gasteiger partial charge in [0.1, 0.15) is 0 Å². The predicted octanol–water partition coefficient (Wildman–Crippen LogP) is 5.54. The van der Waals surface area contributed by atoms with E-state index in [9.17, 15) is 9.59 Å². The zero-order chi connectivity index (χ0) is 21.4. The molecule has 1 unspecified atom stereocenters. The number of amides is 2. The Morgan fingerprint density at radius 3 is 2.39 bits per heavy atom. The summed E-state index contributed by atoms with van der Waals surface area (Å²) in [7, 11) is 0. The Labute approximate surface area is 182 Å². The predicted molar refractivity (Wildman–Crippen MR) is 122 cm³/mol. The molecule has 4 heteroatoms. The van der Waals surface area contributed by atoms with Crippen LogP contribution < -0.4 is 5.32 Å². The first kappa shape index (κ1) is 19.6. The monoisotopic (exact) mass is 410 g/mol. The SMILES string of the molecule is Cc1ccc(C(=O)N(C2CC2)C2CCc3ccccc32)cc1NC(=O)c1ccccc1. The molecule has 0 saturated heterocycles. The quantitative estimate of drug-likeness (QED) is 0.600. The minimum Gasteiger partial charge on any atom is -0.329 e. The second kappa shape index (κ2) is 8.03. The Morgan fingerprint density at radius 1 is 0.871 bits per heavy atom. The first-order chi connectivity index (χ1) is 15.1. The summed E-state index contributed by atoms with van der Waals surface area (Å²) in [6.07, 6.45) is 4.12. The van der Waals surface area contributed by atoms with E-state index in [1.165, 1.54) is 11.1 Å². The van der Waals surface area contributed by atoms with Crippen molar-refractivity contribution < 1.29 is 9.59 Å². The van der Waals surface area contributed by atoms with Crippen molar-refractivity contribution >= 4 is 17.5 Å². The fourth-order valence-electron chi connectivity index (χ4n) is 4.56. The number of hydrogen-bond acceptors (Lipinski definition) is 2. The molecular weight excluding hydrogens is 384 g/mol. The molecule has 1 N–H and O–H groups in total. The summed E-state index contributed by atoms with van der Waals surface area (Å²) in [5.74, 6) is -0.114. The number of carbonyl (C=O) groups excluding carboxylic acids is 2. The zero-order valence-electron chi connectivity index (χ0n) is 17.7. The molecule has 0 aliphatic heterocycles. The number of nitrogens with one attached hydrogen (secondary N) is 1. The van der Waals surface area contributed by atoms with Gasteiger partial charge in [0.25, 0.3) is 11.8 Å². The van der Waals surface area contributed by atoms with Crippen LogP contribution in [-0.4, -0.2) is 22.8 Å². The highest BCUT2D eigenvalue weighted by Crippen LogP contribution is 2.42. The maximum Gasteiger partial charge on any atom is 0.255 e. The van der Waals surface area contributed by atoms with Gasteiger partial charge in [-0.1, -0.05) is 48.5 Å². The molecule has 2 aliphatic carbocycles. The molecule has 1 saturated carbocycles. The highest BCUT2D eigenvalue weighted by molar-refractivity contribution is 6.05. The molecule has 2 amide bonds. The topological polar surface area (TPSA) is 49.4 Å².